The van der Waals surface area contributed by atoms with Gasteiger partial charge in [-0.05, 0) is 24.3 Å². The van der Waals surface area contributed by atoms with E-state index >= 15 is 0 Å². The fourth-order valence-corrected chi connectivity index (χ4v) is 3.16. The topological polar surface area (TPSA) is 78.7 Å². The van der Waals surface area contributed by atoms with Crippen molar-refractivity contribution in [1.82, 2.24) is 0 Å². The molecule has 0 radical (unpaired) electrons. The molecule has 2 aromatic rings. The molecule has 0 aliphatic carbocycles. The van der Waals surface area contributed by atoms with Gasteiger partial charge in [0.15, 0.2) is 6.29 Å². The zero-order valence-electron chi connectivity index (χ0n) is 14.0. The standard InChI is InChI=1S/C18H20N4O3/c1-19-16-12-15(6-7-18(16)22(24)25)20-8-10-21(11-9-20)17-5-3-2-4-14(17)13-23/h2-7,12-13,19H,8-11H2,1H3. The molecule has 0 atom stereocenters. The molecule has 130 valence electrons. The number of nitro benzene ring substituents is 1. The van der Waals surface area contributed by atoms with Gasteiger partial charge >= 0.3 is 0 Å². The fourth-order valence-electron chi connectivity index (χ4n) is 3.16. The van der Waals surface area contributed by atoms with E-state index in [4.69, 9.17) is 0 Å². The average molecular weight is 340 g/mol. The van der Waals surface area contributed by atoms with E-state index in [1.165, 1.54) is 6.07 Å². The van der Waals surface area contributed by atoms with Gasteiger partial charge in [-0.3, -0.25) is 14.9 Å². The number of aldehydes is 1. The normalized spacial score (nSPS) is 14.3. The second-order valence-corrected chi connectivity index (χ2v) is 5.86. The van der Waals surface area contributed by atoms with Gasteiger partial charge in [-0.2, -0.15) is 0 Å². The van der Waals surface area contributed by atoms with Gasteiger partial charge in [0, 0.05) is 56.2 Å². The van der Waals surface area contributed by atoms with Gasteiger partial charge in [0.25, 0.3) is 5.69 Å². The van der Waals surface area contributed by atoms with Crippen LogP contribution >= 0.6 is 0 Å². The van der Waals surface area contributed by atoms with E-state index in [1.54, 1.807) is 13.1 Å². The molecule has 1 aliphatic heterocycles. The highest BCUT2D eigenvalue weighted by atomic mass is 16.6. The average Bonchev–Trinajstić information content (AvgIpc) is 2.67. The molecule has 1 saturated heterocycles. The Labute approximate surface area is 146 Å². The number of hydrogen-bond acceptors (Lipinski definition) is 6. The Kier molecular flexibility index (Phi) is 4.83. The quantitative estimate of drug-likeness (QED) is 0.512. The summed E-state index contributed by atoms with van der Waals surface area (Å²) in [7, 11) is 1.68. The second kappa shape index (κ2) is 7.21. The first-order chi connectivity index (χ1) is 12.1. The molecule has 1 fully saturated rings. The van der Waals surface area contributed by atoms with Crippen molar-refractivity contribution in [2.24, 2.45) is 0 Å². The molecule has 0 bridgehead atoms. The van der Waals surface area contributed by atoms with Gasteiger partial charge in [-0.25, -0.2) is 0 Å². The van der Waals surface area contributed by atoms with Crippen LogP contribution in [0.3, 0.4) is 0 Å². The molecule has 0 spiro atoms. The minimum atomic E-state index is -0.385. The summed E-state index contributed by atoms with van der Waals surface area (Å²) in [6.07, 6.45) is 0.886. The molecule has 1 aliphatic rings. The van der Waals surface area contributed by atoms with Crippen LogP contribution in [0.4, 0.5) is 22.7 Å². The molecule has 0 saturated carbocycles. The SMILES string of the molecule is CNc1cc(N2CCN(c3ccccc3C=O)CC2)ccc1[N+](=O)[O-]. The molecule has 3 rings (SSSR count). The van der Waals surface area contributed by atoms with Crippen molar-refractivity contribution in [3.8, 4) is 0 Å². The van der Waals surface area contributed by atoms with Gasteiger partial charge in [0.2, 0.25) is 0 Å². The lowest BCUT2D eigenvalue weighted by molar-refractivity contribution is -0.383. The van der Waals surface area contributed by atoms with E-state index in [-0.39, 0.29) is 10.6 Å². The largest absolute Gasteiger partial charge is 0.383 e. The van der Waals surface area contributed by atoms with Crippen LogP contribution in [0, 0.1) is 10.1 Å². The van der Waals surface area contributed by atoms with Gasteiger partial charge in [0.05, 0.1) is 4.92 Å². The summed E-state index contributed by atoms with van der Waals surface area (Å²) in [6, 6.07) is 12.7. The molecular formula is C18H20N4O3. The highest BCUT2D eigenvalue weighted by molar-refractivity contribution is 5.84. The molecule has 2 aromatic carbocycles. The Morgan fingerprint density at radius 1 is 1.08 bits per heavy atom. The fraction of sp³-hybridized carbons (Fsp3) is 0.278. The summed E-state index contributed by atoms with van der Waals surface area (Å²) < 4.78 is 0. The number of piperazine rings is 1. The van der Waals surface area contributed by atoms with Crippen molar-refractivity contribution < 1.29 is 9.72 Å². The molecule has 1 heterocycles. The highest BCUT2D eigenvalue weighted by Crippen LogP contribution is 2.30. The van der Waals surface area contributed by atoms with Crippen LogP contribution in [0.1, 0.15) is 10.4 Å². The first-order valence-corrected chi connectivity index (χ1v) is 8.14. The number of carbonyl (C=O) groups is 1. The minimum absolute atomic E-state index is 0.0739. The molecule has 0 aromatic heterocycles. The minimum Gasteiger partial charge on any atom is -0.383 e. The molecule has 1 N–H and O–H groups in total. The maximum absolute atomic E-state index is 11.2. The molecule has 0 unspecified atom stereocenters. The maximum Gasteiger partial charge on any atom is 0.292 e. The van der Waals surface area contributed by atoms with Crippen molar-refractivity contribution in [3.05, 3.63) is 58.1 Å². The van der Waals surface area contributed by atoms with Crippen molar-refractivity contribution in [2.75, 3.05) is 48.3 Å². The number of hydrogen-bond donors (Lipinski definition) is 1. The van der Waals surface area contributed by atoms with Gasteiger partial charge in [-0.1, -0.05) is 12.1 Å². The predicted molar refractivity (Wildman–Crippen MR) is 98.9 cm³/mol. The maximum atomic E-state index is 11.2. The number of nitrogens with zero attached hydrogens (tertiary/aromatic N) is 3. The number of carbonyl (C=O) groups excluding carboxylic acids is 1. The Bertz CT molecular complexity index is 786. The third-order valence-corrected chi connectivity index (χ3v) is 4.50. The van der Waals surface area contributed by atoms with Crippen LogP contribution in [0.5, 0.6) is 0 Å². The van der Waals surface area contributed by atoms with E-state index in [0.29, 0.717) is 11.3 Å². The molecule has 7 nitrogen and oxygen atoms in total. The first kappa shape index (κ1) is 16.8. The highest BCUT2D eigenvalue weighted by Gasteiger charge is 2.21. The third kappa shape index (κ3) is 3.40. The smallest absolute Gasteiger partial charge is 0.292 e. The van der Waals surface area contributed by atoms with Crippen molar-refractivity contribution in [1.29, 1.82) is 0 Å². The van der Waals surface area contributed by atoms with Crippen molar-refractivity contribution >= 4 is 29.0 Å². The predicted octanol–water partition coefficient (Wildman–Crippen LogP) is 2.78. The number of para-hydroxylation sites is 1. The summed E-state index contributed by atoms with van der Waals surface area (Å²) in [5, 5.41) is 13.9. The van der Waals surface area contributed by atoms with E-state index < -0.39 is 0 Å². The monoisotopic (exact) mass is 340 g/mol. The number of nitro groups is 1. The summed E-state index contributed by atoms with van der Waals surface area (Å²) in [4.78, 5) is 26.3. The lowest BCUT2D eigenvalue weighted by Crippen LogP contribution is -2.46. The van der Waals surface area contributed by atoms with E-state index in [9.17, 15) is 14.9 Å². The number of benzene rings is 2. The molecular weight excluding hydrogens is 320 g/mol. The van der Waals surface area contributed by atoms with Crippen LogP contribution in [-0.2, 0) is 0 Å². The third-order valence-electron chi connectivity index (χ3n) is 4.50. The van der Waals surface area contributed by atoms with Crippen LogP contribution in [0.2, 0.25) is 0 Å². The van der Waals surface area contributed by atoms with Gasteiger partial charge < -0.3 is 15.1 Å². The number of anilines is 3. The van der Waals surface area contributed by atoms with E-state index in [1.807, 2.05) is 30.3 Å². The van der Waals surface area contributed by atoms with Crippen molar-refractivity contribution in [3.63, 3.8) is 0 Å². The Balaban J connectivity index is 1.74. The van der Waals surface area contributed by atoms with Crippen LogP contribution in [-0.4, -0.2) is 44.4 Å². The number of rotatable bonds is 5. The first-order valence-electron chi connectivity index (χ1n) is 8.14. The zero-order chi connectivity index (χ0) is 17.8. The van der Waals surface area contributed by atoms with Crippen LogP contribution in [0.25, 0.3) is 0 Å². The second-order valence-electron chi connectivity index (χ2n) is 5.86. The summed E-state index contributed by atoms with van der Waals surface area (Å²) in [6.45, 7) is 3.15. The summed E-state index contributed by atoms with van der Waals surface area (Å²) in [5.41, 5.74) is 3.19. The lowest BCUT2D eigenvalue weighted by atomic mass is 10.1. The Morgan fingerprint density at radius 3 is 2.40 bits per heavy atom. The van der Waals surface area contributed by atoms with Crippen LogP contribution < -0.4 is 15.1 Å². The molecule has 25 heavy (non-hydrogen) atoms. The van der Waals surface area contributed by atoms with Gasteiger partial charge in [-0.15, -0.1) is 0 Å². The Morgan fingerprint density at radius 2 is 1.76 bits per heavy atom. The van der Waals surface area contributed by atoms with Crippen molar-refractivity contribution in [2.45, 2.75) is 0 Å². The summed E-state index contributed by atoms with van der Waals surface area (Å²) >= 11 is 0. The van der Waals surface area contributed by atoms with Gasteiger partial charge in [0.1, 0.15) is 5.69 Å². The number of nitrogens with one attached hydrogen (secondary N) is 1. The Hall–Kier alpha value is -3.09. The molecule has 0 amide bonds. The van der Waals surface area contributed by atoms with Crippen LogP contribution in [0.15, 0.2) is 42.5 Å². The lowest BCUT2D eigenvalue weighted by Gasteiger charge is -2.38. The van der Waals surface area contributed by atoms with E-state index in [0.717, 1.165) is 43.8 Å². The molecule has 7 heteroatoms. The van der Waals surface area contributed by atoms with E-state index in [2.05, 4.69) is 15.1 Å². The zero-order valence-corrected chi connectivity index (χ0v) is 14.0. The summed E-state index contributed by atoms with van der Waals surface area (Å²) in [5.74, 6) is 0.